The number of rotatable bonds is 6. The lowest BCUT2D eigenvalue weighted by Gasteiger charge is -2.25. The van der Waals surface area contributed by atoms with Gasteiger partial charge in [0.05, 0.1) is 6.04 Å². The SMILES string of the molecule is O=C(NC(CN1CCCC1)c1ccccc1)N[C@@H]1C=C[C@H](CO)C1. The summed E-state index contributed by atoms with van der Waals surface area (Å²) in [6, 6.07) is 10.0. The molecule has 1 aliphatic carbocycles. The zero-order valence-electron chi connectivity index (χ0n) is 14.0. The van der Waals surface area contributed by atoms with Crippen molar-refractivity contribution in [3.05, 3.63) is 48.0 Å². The molecule has 130 valence electrons. The molecule has 1 aromatic carbocycles. The van der Waals surface area contributed by atoms with Crippen LogP contribution in [0.5, 0.6) is 0 Å². The first kappa shape index (κ1) is 17.0. The molecular weight excluding hydrogens is 302 g/mol. The smallest absolute Gasteiger partial charge is 0.315 e. The van der Waals surface area contributed by atoms with E-state index in [2.05, 4.69) is 27.7 Å². The Kier molecular flexibility index (Phi) is 5.88. The minimum absolute atomic E-state index is 0.00496. The summed E-state index contributed by atoms with van der Waals surface area (Å²) in [4.78, 5) is 14.8. The molecule has 1 unspecified atom stereocenters. The van der Waals surface area contributed by atoms with E-state index in [0.717, 1.165) is 31.6 Å². The number of nitrogens with one attached hydrogen (secondary N) is 2. The average Bonchev–Trinajstić information content (AvgIpc) is 3.26. The molecule has 1 fully saturated rings. The van der Waals surface area contributed by atoms with Gasteiger partial charge in [0, 0.05) is 25.1 Å². The van der Waals surface area contributed by atoms with E-state index in [9.17, 15) is 9.90 Å². The van der Waals surface area contributed by atoms with Gasteiger partial charge in [-0.3, -0.25) is 0 Å². The summed E-state index contributed by atoms with van der Waals surface area (Å²) in [5.74, 6) is 0.157. The number of aliphatic hydroxyl groups is 1. The van der Waals surface area contributed by atoms with Gasteiger partial charge in [-0.05, 0) is 37.9 Å². The van der Waals surface area contributed by atoms with Crippen molar-refractivity contribution in [2.75, 3.05) is 26.2 Å². The van der Waals surface area contributed by atoms with Crippen molar-refractivity contribution >= 4 is 6.03 Å². The molecule has 0 spiro atoms. The standard InChI is InChI=1S/C19H27N3O2/c23-14-15-8-9-17(12-15)20-19(24)21-18(13-22-10-4-5-11-22)16-6-2-1-3-7-16/h1-3,6-9,15,17-18,23H,4-5,10-14H2,(H2,20,21,24)/t15-,17+,18?/m0/s1. The maximum Gasteiger partial charge on any atom is 0.315 e. The van der Waals surface area contributed by atoms with Gasteiger partial charge >= 0.3 is 6.03 Å². The highest BCUT2D eigenvalue weighted by Gasteiger charge is 2.23. The van der Waals surface area contributed by atoms with Crippen LogP contribution in [-0.4, -0.2) is 48.3 Å². The molecule has 24 heavy (non-hydrogen) atoms. The van der Waals surface area contributed by atoms with Gasteiger partial charge in [0.25, 0.3) is 0 Å². The van der Waals surface area contributed by atoms with Crippen LogP contribution in [0, 0.1) is 5.92 Å². The second-order valence-corrected chi connectivity index (χ2v) is 6.76. The molecule has 3 atom stereocenters. The van der Waals surface area contributed by atoms with E-state index in [1.54, 1.807) is 0 Å². The molecule has 3 N–H and O–H groups in total. The summed E-state index contributed by atoms with van der Waals surface area (Å²) in [6.45, 7) is 3.20. The second kappa shape index (κ2) is 8.31. The van der Waals surface area contributed by atoms with Crippen LogP contribution in [0.15, 0.2) is 42.5 Å². The zero-order chi connectivity index (χ0) is 16.8. The van der Waals surface area contributed by atoms with Crippen molar-refractivity contribution in [2.24, 2.45) is 5.92 Å². The number of hydrogen-bond acceptors (Lipinski definition) is 3. The molecular formula is C19H27N3O2. The summed E-state index contributed by atoms with van der Waals surface area (Å²) >= 11 is 0. The third-order valence-corrected chi connectivity index (χ3v) is 4.87. The van der Waals surface area contributed by atoms with Crippen molar-refractivity contribution in [3.8, 4) is 0 Å². The van der Waals surface area contributed by atoms with Gasteiger partial charge < -0.3 is 20.6 Å². The number of aliphatic hydroxyl groups excluding tert-OH is 1. The molecule has 2 amide bonds. The first-order valence-electron chi connectivity index (χ1n) is 8.88. The normalized spacial score (nSPS) is 24.9. The van der Waals surface area contributed by atoms with Crippen LogP contribution in [0.1, 0.15) is 30.9 Å². The third kappa shape index (κ3) is 4.58. The number of carbonyl (C=O) groups is 1. The van der Waals surface area contributed by atoms with E-state index >= 15 is 0 Å². The fourth-order valence-corrected chi connectivity index (χ4v) is 3.53. The van der Waals surface area contributed by atoms with Gasteiger partial charge in [-0.1, -0.05) is 42.5 Å². The lowest BCUT2D eigenvalue weighted by Crippen LogP contribution is -2.45. The summed E-state index contributed by atoms with van der Waals surface area (Å²) in [5, 5.41) is 15.3. The van der Waals surface area contributed by atoms with E-state index in [4.69, 9.17) is 0 Å². The first-order chi connectivity index (χ1) is 11.7. The number of hydrogen-bond donors (Lipinski definition) is 3. The Balaban J connectivity index is 1.58. The Morgan fingerprint density at radius 2 is 1.96 bits per heavy atom. The highest BCUT2D eigenvalue weighted by atomic mass is 16.3. The molecule has 3 rings (SSSR count). The minimum atomic E-state index is -0.142. The molecule has 1 aliphatic heterocycles. The quantitative estimate of drug-likeness (QED) is 0.700. The largest absolute Gasteiger partial charge is 0.396 e. The van der Waals surface area contributed by atoms with Gasteiger partial charge in [0.1, 0.15) is 0 Å². The molecule has 1 saturated heterocycles. The fraction of sp³-hybridized carbons (Fsp3) is 0.526. The second-order valence-electron chi connectivity index (χ2n) is 6.76. The molecule has 1 aromatic rings. The molecule has 0 aromatic heterocycles. The highest BCUT2D eigenvalue weighted by molar-refractivity contribution is 5.75. The van der Waals surface area contributed by atoms with E-state index < -0.39 is 0 Å². The van der Waals surface area contributed by atoms with Gasteiger partial charge in [0.2, 0.25) is 0 Å². The van der Waals surface area contributed by atoms with Crippen LogP contribution >= 0.6 is 0 Å². The Morgan fingerprint density at radius 1 is 1.21 bits per heavy atom. The van der Waals surface area contributed by atoms with Crippen LogP contribution in [-0.2, 0) is 0 Å². The van der Waals surface area contributed by atoms with Crippen LogP contribution in [0.4, 0.5) is 4.79 Å². The van der Waals surface area contributed by atoms with Crippen molar-refractivity contribution in [1.29, 1.82) is 0 Å². The molecule has 5 heteroatoms. The van der Waals surface area contributed by atoms with E-state index in [1.165, 1.54) is 12.8 Å². The summed E-state index contributed by atoms with van der Waals surface area (Å²) in [6.07, 6.45) is 7.20. The highest BCUT2D eigenvalue weighted by Crippen LogP contribution is 2.19. The van der Waals surface area contributed by atoms with Gasteiger partial charge in [-0.15, -0.1) is 0 Å². The monoisotopic (exact) mass is 329 g/mol. The van der Waals surface area contributed by atoms with Crippen LogP contribution in [0.3, 0.4) is 0 Å². The van der Waals surface area contributed by atoms with Gasteiger partial charge in [0.15, 0.2) is 0 Å². The van der Waals surface area contributed by atoms with Crippen LogP contribution < -0.4 is 10.6 Å². The first-order valence-corrected chi connectivity index (χ1v) is 8.88. The zero-order valence-corrected chi connectivity index (χ0v) is 14.0. The Morgan fingerprint density at radius 3 is 2.62 bits per heavy atom. The molecule has 0 radical (unpaired) electrons. The number of amides is 2. The van der Waals surface area contributed by atoms with Crippen LogP contribution in [0.25, 0.3) is 0 Å². The predicted octanol–water partition coefficient (Wildman–Crippen LogP) is 2.06. The van der Waals surface area contributed by atoms with Crippen molar-refractivity contribution in [2.45, 2.75) is 31.3 Å². The van der Waals surface area contributed by atoms with E-state index in [0.29, 0.717) is 0 Å². The number of carbonyl (C=O) groups excluding carboxylic acids is 1. The van der Waals surface area contributed by atoms with Gasteiger partial charge in [-0.25, -0.2) is 4.79 Å². The Labute approximate surface area is 143 Å². The predicted molar refractivity (Wildman–Crippen MR) is 94.6 cm³/mol. The lowest BCUT2D eigenvalue weighted by atomic mass is 10.1. The van der Waals surface area contributed by atoms with Crippen molar-refractivity contribution in [1.82, 2.24) is 15.5 Å². The van der Waals surface area contributed by atoms with Crippen LogP contribution in [0.2, 0.25) is 0 Å². The van der Waals surface area contributed by atoms with Gasteiger partial charge in [-0.2, -0.15) is 0 Å². The Hall–Kier alpha value is -1.85. The summed E-state index contributed by atoms with van der Waals surface area (Å²) in [7, 11) is 0. The van der Waals surface area contributed by atoms with Crippen molar-refractivity contribution < 1.29 is 9.90 Å². The molecule has 2 aliphatic rings. The summed E-state index contributed by atoms with van der Waals surface area (Å²) in [5.41, 5.74) is 1.13. The fourth-order valence-electron chi connectivity index (χ4n) is 3.53. The minimum Gasteiger partial charge on any atom is -0.396 e. The van der Waals surface area contributed by atoms with E-state index in [-0.39, 0.29) is 30.6 Å². The maximum absolute atomic E-state index is 12.4. The molecule has 5 nitrogen and oxygen atoms in total. The Bertz CT molecular complexity index is 555. The third-order valence-electron chi connectivity index (χ3n) is 4.87. The number of nitrogens with zero attached hydrogens (tertiary/aromatic N) is 1. The maximum atomic E-state index is 12.4. The molecule has 1 heterocycles. The topological polar surface area (TPSA) is 64.6 Å². The number of benzene rings is 1. The van der Waals surface area contributed by atoms with Crippen molar-refractivity contribution in [3.63, 3.8) is 0 Å². The lowest BCUT2D eigenvalue weighted by molar-refractivity contribution is 0.223. The molecule has 0 bridgehead atoms. The molecule has 0 saturated carbocycles. The summed E-state index contributed by atoms with van der Waals surface area (Å²) < 4.78 is 0. The number of likely N-dealkylation sites (tertiary alicyclic amines) is 1. The van der Waals surface area contributed by atoms with E-state index in [1.807, 2.05) is 30.4 Å². The number of urea groups is 1. The average molecular weight is 329 g/mol.